The SMILES string of the molecule is COc1ccccc1CN(C)C(=O)Cc1cccc2ccccc12. The molecule has 0 unspecified atom stereocenters. The van der Waals surface area contributed by atoms with E-state index in [0.29, 0.717) is 13.0 Å². The second-order valence-electron chi connectivity index (χ2n) is 5.88. The van der Waals surface area contributed by atoms with Crippen LogP contribution in [-0.4, -0.2) is 25.0 Å². The fourth-order valence-electron chi connectivity index (χ4n) is 2.92. The fraction of sp³-hybridized carbons (Fsp3) is 0.190. The van der Waals surface area contributed by atoms with Crippen LogP contribution in [0.4, 0.5) is 0 Å². The van der Waals surface area contributed by atoms with Gasteiger partial charge in [0, 0.05) is 19.2 Å². The van der Waals surface area contributed by atoms with Gasteiger partial charge in [-0.3, -0.25) is 4.79 Å². The second-order valence-corrected chi connectivity index (χ2v) is 5.88. The number of benzene rings is 3. The lowest BCUT2D eigenvalue weighted by Crippen LogP contribution is -2.28. The maximum absolute atomic E-state index is 12.6. The average molecular weight is 319 g/mol. The standard InChI is InChI=1S/C21H21NO2/c1-22(15-18-9-4-6-13-20(18)24-2)21(23)14-17-11-7-10-16-8-3-5-12-19(16)17/h3-13H,14-15H2,1-2H3. The molecule has 0 bridgehead atoms. The van der Waals surface area contributed by atoms with Crippen LogP contribution in [0.5, 0.6) is 5.75 Å². The number of methoxy groups -OCH3 is 1. The molecule has 0 aromatic heterocycles. The van der Waals surface area contributed by atoms with Gasteiger partial charge in [-0.25, -0.2) is 0 Å². The summed E-state index contributed by atoms with van der Waals surface area (Å²) in [7, 11) is 3.48. The van der Waals surface area contributed by atoms with Gasteiger partial charge < -0.3 is 9.64 Å². The first-order valence-corrected chi connectivity index (χ1v) is 8.01. The summed E-state index contributed by atoms with van der Waals surface area (Å²) in [5, 5.41) is 2.30. The molecule has 0 saturated heterocycles. The minimum atomic E-state index is 0.0947. The molecule has 0 aliphatic carbocycles. The van der Waals surface area contributed by atoms with Gasteiger partial charge in [0.15, 0.2) is 0 Å². The van der Waals surface area contributed by atoms with Gasteiger partial charge in [0.05, 0.1) is 13.5 Å². The molecule has 3 rings (SSSR count). The number of hydrogen-bond acceptors (Lipinski definition) is 2. The minimum Gasteiger partial charge on any atom is -0.496 e. The molecular weight excluding hydrogens is 298 g/mol. The average Bonchev–Trinajstić information content (AvgIpc) is 2.62. The molecule has 24 heavy (non-hydrogen) atoms. The van der Waals surface area contributed by atoms with E-state index in [1.165, 1.54) is 0 Å². The summed E-state index contributed by atoms with van der Waals surface area (Å²) >= 11 is 0. The number of rotatable bonds is 5. The van der Waals surface area contributed by atoms with Gasteiger partial charge in [-0.1, -0.05) is 60.7 Å². The summed E-state index contributed by atoms with van der Waals surface area (Å²) in [6.45, 7) is 0.535. The molecule has 3 heteroatoms. The first kappa shape index (κ1) is 16.1. The van der Waals surface area contributed by atoms with Crippen LogP contribution in [0.25, 0.3) is 10.8 Å². The van der Waals surface area contributed by atoms with E-state index < -0.39 is 0 Å². The maximum atomic E-state index is 12.6. The Balaban J connectivity index is 1.76. The monoisotopic (exact) mass is 319 g/mol. The molecule has 0 heterocycles. The fourth-order valence-corrected chi connectivity index (χ4v) is 2.92. The zero-order chi connectivity index (χ0) is 16.9. The highest BCUT2D eigenvalue weighted by molar-refractivity contribution is 5.90. The molecule has 1 amide bonds. The van der Waals surface area contributed by atoms with Crippen LogP contribution < -0.4 is 4.74 Å². The third kappa shape index (κ3) is 3.40. The summed E-state index contributed by atoms with van der Waals surface area (Å²) in [6, 6.07) is 22.1. The Morgan fingerprint density at radius 2 is 1.58 bits per heavy atom. The van der Waals surface area contributed by atoms with E-state index in [4.69, 9.17) is 4.74 Å². The number of para-hydroxylation sites is 1. The van der Waals surface area contributed by atoms with Gasteiger partial charge in [-0.15, -0.1) is 0 Å². The highest BCUT2D eigenvalue weighted by atomic mass is 16.5. The van der Waals surface area contributed by atoms with E-state index in [0.717, 1.165) is 27.6 Å². The van der Waals surface area contributed by atoms with Crippen molar-refractivity contribution >= 4 is 16.7 Å². The number of fused-ring (bicyclic) bond motifs is 1. The molecule has 0 saturated carbocycles. The molecule has 0 fully saturated rings. The normalized spacial score (nSPS) is 10.6. The number of nitrogens with zero attached hydrogens (tertiary/aromatic N) is 1. The van der Waals surface area contributed by atoms with Crippen molar-refractivity contribution in [3.8, 4) is 5.75 Å². The Bertz CT molecular complexity index is 852. The summed E-state index contributed by atoms with van der Waals surface area (Å²) in [5.74, 6) is 0.902. The van der Waals surface area contributed by atoms with Crippen molar-refractivity contribution in [2.75, 3.05) is 14.2 Å². The van der Waals surface area contributed by atoms with Crippen LogP contribution in [0, 0.1) is 0 Å². The van der Waals surface area contributed by atoms with E-state index in [2.05, 4.69) is 18.2 Å². The van der Waals surface area contributed by atoms with Crippen molar-refractivity contribution in [1.82, 2.24) is 4.90 Å². The molecule has 3 nitrogen and oxygen atoms in total. The van der Waals surface area contributed by atoms with Gasteiger partial charge >= 0.3 is 0 Å². The molecule has 3 aromatic carbocycles. The molecule has 122 valence electrons. The van der Waals surface area contributed by atoms with Crippen molar-refractivity contribution in [2.24, 2.45) is 0 Å². The summed E-state index contributed by atoms with van der Waals surface area (Å²) in [6.07, 6.45) is 0.396. The minimum absolute atomic E-state index is 0.0947. The number of carbonyl (C=O) groups excluding carboxylic acids is 1. The number of carbonyl (C=O) groups is 1. The van der Waals surface area contributed by atoms with Gasteiger partial charge in [0.1, 0.15) is 5.75 Å². The Morgan fingerprint density at radius 1 is 0.917 bits per heavy atom. The summed E-state index contributed by atoms with van der Waals surface area (Å²) in [4.78, 5) is 14.4. The molecule has 0 radical (unpaired) electrons. The lowest BCUT2D eigenvalue weighted by atomic mass is 10.0. The Hall–Kier alpha value is -2.81. The van der Waals surface area contributed by atoms with E-state index in [-0.39, 0.29) is 5.91 Å². The zero-order valence-electron chi connectivity index (χ0n) is 14.0. The molecule has 0 atom stereocenters. The van der Waals surface area contributed by atoms with Crippen molar-refractivity contribution in [2.45, 2.75) is 13.0 Å². The van der Waals surface area contributed by atoms with Gasteiger partial charge in [0.2, 0.25) is 5.91 Å². The topological polar surface area (TPSA) is 29.5 Å². The highest BCUT2D eigenvalue weighted by Gasteiger charge is 2.13. The van der Waals surface area contributed by atoms with E-state index in [1.807, 2.05) is 55.6 Å². The lowest BCUT2D eigenvalue weighted by Gasteiger charge is -2.19. The molecular formula is C21H21NO2. The van der Waals surface area contributed by atoms with Crippen LogP contribution in [0.15, 0.2) is 66.7 Å². The van der Waals surface area contributed by atoms with Crippen molar-refractivity contribution in [1.29, 1.82) is 0 Å². The van der Waals surface area contributed by atoms with Gasteiger partial charge in [0.25, 0.3) is 0 Å². The number of likely N-dealkylation sites (N-methyl/N-ethyl adjacent to an activating group) is 1. The van der Waals surface area contributed by atoms with E-state index >= 15 is 0 Å². The number of amides is 1. The van der Waals surface area contributed by atoms with E-state index in [1.54, 1.807) is 12.0 Å². The van der Waals surface area contributed by atoms with Crippen molar-refractivity contribution in [3.63, 3.8) is 0 Å². The van der Waals surface area contributed by atoms with Gasteiger partial charge in [-0.2, -0.15) is 0 Å². The molecule has 0 aliphatic heterocycles. The summed E-state index contributed by atoms with van der Waals surface area (Å²) in [5.41, 5.74) is 2.07. The lowest BCUT2D eigenvalue weighted by molar-refractivity contribution is -0.129. The van der Waals surface area contributed by atoms with Crippen LogP contribution in [0.2, 0.25) is 0 Å². The largest absolute Gasteiger partial charge is 0.496 e. The van der Waals surface area contributed by atoms with Crippen molar-refractivity contribution in [3.05, 3.63) is 77.9 Å². The zero-order valence-corrected chi connectivity index (χ0v) is 14.0. The second kappa shape index (κ2) is 7.18. The molecule has 0 spiro atoms. The van der Waals surface area contributed by atoms with Crippen LogP contribution in [0.1, 0.15) is 11.1 Å². The predicted octanol–water partition coefficient (Wildman–Crippen LogP) is 4.05. The Labute approximate surface area is 142 Å². The first-order chi connectivity index (χ1) is 11.7. The van der Waals surface area contributed by atoms with Crippen LogP contribution >= 0.6 is 0 Å². The number of hydrogen-bond donors (Lipinski definition) is 0. The first-order valence-electron chi connectivity index (χ1n) is 8.01. The Kier molecular flexibility index (Phi) is 4.80. The molecule has 0 N–H and O–H groups in total. The van der Waals surface area contributed by atoms with Crippen molar-refractivity contribution < 1.29 is 9.53 Å². The Morgan fingerprint density at radius 3 is 2.42 bits per heavy atom. The van der Waals surface area contributed by atoms with Crippen LogP contribution in [0.3, 0.4) is 0 Å². The predicted molar refractivity (Wildman–Crippen MR) is 97.1 cm³/mol. The summed E-state index contributed by atoms with van der Waals surface area (Å²) < 4.78 is 5.36. The quantitative estimate of drug-likeness (QED) is 0.710. The smallest absolute Gasteiger partial charge is 0.227 e. The van der Waals surface area contributed by atoms with E-state index in [9.17, 15) is 4.79 Å². The third-order valence-electron chi connectivity index (χ3n) is 4.25. The molecule has 3 aromatic rings. The van der Waals surface area contributed by atoms with Gasteiger partial charge in [-0.05, 0) is 22.4 Å². The number of ether oxygens (including phenoxy) is 1. The molecule has 0 aliphatic rings. The maximum Gasteiger partial charge on any atom is 0.227 e. The highest BCUT2D eigenvalue weighted by Crippen LogP contribution is 2.21. The third-order valence-corrected chi connectivity index (χ3v) is 4.25. The van der Waals surface area contributed by atoms with Crippen LogP contribution in [-0.2, 0) is 17.8 Å².